The highest BCUT2D eigenvalue weighted by Crippen LogP contribution is 2.25. The summed E-state index contributed by atoms with van der Waals surface area (Å²) in [5.74, 6) is 1.77. The van der Waals surface area contributed by atoms with Crippen LogP contribution in [0.25, 0.3) is 0 Å². The molecule has 4 nitrogen and oxygen atoms in total. The Bertz CT molecular complexity index is 589. The molecule has 3 rings (SSSR count). The van der Waals surface area contributed by atoms with Gasteiger partial charge in [0.1, 0.15) is 23.8 Å². The second-order valence-corrected chi connectivity index (χ2v) is 5.28. The third-order valence-electron chi connectivity index (χ3n) is 3.75. The monoisotopic (exact) mass is 273 g/mol. The number of aryl methyl sites for hydroxylation is 1. The summed E-state index contributed by atoms with van der Waals surface area (Å²) < 4.78 is 11.1. The number of hydrogen-bond donors (Lipinski definition) is 1. The van der Waals surface area contributed by atoms with Gasteiger partial charge in [0.2, 0.25) is 0 Å². The van der Waals surface area contributed by atoms with E-state index in [1.165, 1.54) is 18.4 Å². The maximum absolute atomic E-state index is 9.58. The fourth-order valence-electron chi connectivity index (χ4n) is 2.58. The van der Waals surface area contributed by atoms with Gasteiger partial charge in [0.25, 0.3) is 0 Å². The number of hydrogen-bond acceptors (Lipinski definition) is 4. The molecule has 1 N–H and O–H groups in total. The van der Waals surface area contributed by atoms with E-state index in [-0.39, 0.29) is 0 Å². The van der Waals surface area contributed by atoms with Gasteiger partial charge in [-0.3, -0.25) is 0 Å². The van der Waals surface area contributed by atoms with Gasteiger partial charge in [-0.1, -0.05) is 17.3 Å². The summed E-state index contributed by atoms with van der Waals surface area (Å²) in [5.41, 5.74) is 2.98. The Kier molecular flexibility index (Phi) is 3.74. The van der Waals surface area contributed by atoms with Crippen molar-refractivity contribution in [1.29, 1.82) is 0 Å². The summed E-state index contributed by atoms with van der Waals surface area (Å²) >= 11 is 0. The predicted molar refractivity (Wildman–Crippen MR) is 74.6 cm³/mol. The summed E-state index contributed by atoms with van der Waals surface area (Å²) in [4.78, 5) is 0. The van der Waals surface area contributed by atoms with E-state index in [1.807, 2.05) is 24.3 Å². The van der Waals surface area contributed by atoms with Crippen LogP contribution in [-0.2, 0) is 19.4 Å². The van der Waals surface area contributed by atoms with E-state index in [1.54, 1.807) is 6.92 Å². The predicted octanol–water partition coefficient (Wildman–Crippen LogP) is 3.19. The number of nitrogens with zero attached hydrogens (tertiary/aromatic N) is 1. The van der Waals surface area contributed by atoms with Crippen molar-refractivity contribution >= 4 is 0 Å². The zero-order valence-electron chi connectivity index (χ0n) is 11.6. The summed E-state index contributed by atoms with van der Waals surface area (Å²) in [7, 11) is 0. The van der Waals surface area contributed by atoms with Gasteiger partial charge in [0.05, 0.1) is 6.10 Å². The van der Waals surface area contributed by atoms with Crippen molar-refractivity contribution in [2.24, 2.45) is 0 Å². The quantitative estimate of drug-likeness (QED) is 0.929. The molecule has 0 radical (unpaired) electrons. The largest absolute Gasteiger partial charge is 0.487 e. The SMILES string of the molecule is CC(O)c1cccc(OCc2noc3c2CCCC3)c1. The zero-order valence-corrected chi connectivity index (χ0v) is 11.6. The normalized spacial score (nSPS) is 15.7. The van der Waals surface area contributed by atoms with E-state index >= 15 is 0 Å². The van der Waals surface area contributed by atoms with E-state index in [0.717, 1.165) is 35.6 Å². The highest BCUT2D eigenvalue weighted by molar-refractivity contribution is 5.30. The van der Waals surface area contributed by atoms with Crippen LogP contribution >= 0.6 is 0 Å². The molecule has 0 bridgehead atoms. The maximum atomic E-state index is 9.58. The number of aliphatic hydroxyl groups excluding tert-OH is 1. The first-order valence-electron chi connectivity index (χ1n) is 7.11. The van der Waals surface area contributed by atoms with Gasteiger partial charge < -0.3 is 14.4 Å². The molecule has 1 aliphatic carbocycles. The zero-order chi connectivity index (χ0) is 13.9. The molecule has 1 atom stereocenters. The fourth-order valence-corrected chi connectivity index (χ4v) is 2.58. The Morgan fingerprint density at radius 2 is 2.20 bits per heavy atom. The first-order chi connectivity index (χ1) is 9.74. The van der Waals surface area contributed by atoms with Gasteiger partial charge in [0, 0.05) is 12.0 Å². The molecule has 0 amide bonds. The number of aliphatic hydroxyl groups is 1. The van der Waals surface area contributed by atoms with Crippen LogP contribution in [0.1, 0.15) is 48.5 Å². The van der Waals surface area contributed by atoms with Crippen LogP contribution in [0.15, 0.2) is 28.8 Å². The lowest BCUT2D eigenvalue weighted by Gasteiger charge is -2.11. The van der Waals surface area contributed by atoms with E-state index in [9.17, 15) is 5.11 Å². The van der Waals surface area contributed by atoms with Crippen molar-refractivity contribution in [3.63, 3.8) is 0 Å². The molecular formula is C16H19NO3. The van der Waals surface area contributed by atoms with Crippen LogP contribution in [0.4, 0.5) is 0 Å². The first kappa shape index (κ1) is 13.2. The minimum Gasteiger partial charge on any atom is -0.487 e. The maximum Gasteiger partial charge on any atom is 0.140 e. The average molecular weight is 273 g/mol. The Labute approximate surface area is 118 Å². The number of ether oxygens (including phenoxy) is 1. The molecule has 1 aliphatic rings. The van der Waals surface area contributed by atoms with Gasteiger partial charge in [-0.25, -0.2) is 0 Å². The number of aromatic nitrogens is 1. The topological polar surface area (TPSA) is 55.5 Å². The van der Waals surface area contributed by atoms with E-state index in [4.69, 9.17) is 9.26 Å². The summed E-state index contributed by atoms with van der Waals surface area (Å²) in [5, 5.41) is 13.7. The van der Waals surface area contributed by atoms with Crippen molar-refractivity contribution in [1.82, 2.24) is 5.16 Å². The van der Waals surface area contributed by atoms with Crippen molar-refractivity contribution in [2.45, 2.75) is 45.3 Å². The highest BCUT2D eigenvalue weighted by Gasteiger charge is 2.19. The van der Waals surface area contributed by atoms with Gasteiger partial charge in [-0.15, -0.1) is 0 Å². The van der Waals surface area contributed by atoms with Gasteiger partial charge >= 0.3 is 0 Å². The molecule has 1 unspecified atom stereocenters. The molecule has 2 aromatic rings. The molecule has 1 heterocycles. The third-order valence-corrected chi connectivity index (χ3v) is 3.75. The average Bonchev–Trinajstić information content (AvgIpc) is 2.89. The number of rotatable bonds is 4. The Hall–Kier alpha value is -1.81. The second-order valence-electron chi connectivity index (χ2n) is 5.28. The molecule has 0 aliphatic heterocycles. The Balaban J connectivity index is 1.70. The summed E-state index contributed by atoms with van der Waals surface area (Å²) in [6.45, 7) is 2.16. The molecule has 106 valence electrons. The van der Waals surface area contributed by atoms with Gasteiger partial charge in [0.15, 0.2) is 0 Å². The van der Waals surface area contributed by atoms with Crippen molar-refractivity contribution in [2.75, 3.05) is 0 Å². The molecule has 0 fully saturated rings. The van der Waals surface area contributed by atoms with E-state index in [0.29, 0.717) is 6.61 Å². The molecule has 4 heteroatoms. The molecule has 1 aromatic carbocycles. The molecule has 0 saturated heterocycles. The third kappa shape index (κ3) is 2.70. The van der Waals surface area contributed by atoms with Crippen LogP contribution in [0.5, 0.6) is 5.75 Å². The van der Waals surface area contributed by atoms with Crippen LogP contribution in [0.2, 0.25) is 0 Å². The fraction of sp³-hybridized carbons (Fsp3) is 0.438. The molecule has 0 spiro atoms. The molecule has 20 heavy (non-hydrogen) atoms. The number of benzene rings is 1. The molecule has 0 saturated carbocycles. The lowest BCUT2D eigenvalue weighted by Crippen LogP contribution is -2.04. The standard InChI is InChI=1S/C16H19NO3/c1-11(18)12-5-4-6-13(9-12)19-10-15-14-7-2-3-8-16(14)20-17-15/h4-6,9,11,18H,2-3,7-8,10H2,1H3. The van der Waals surface area contributed by atoms with Crippen LogP contribution < -0.4 is 4.74 Å². The minimum absolute atomic E-state index is 0.419. The second kappa shape index (κ2) is 5.67. The van der Waals surface area contributed by atoms with Crippen LogP contribution in [0, 0.1) is 0 Å². The first-order valence-corrected chi connectivity index (χ1v) is 7.11. The van der Waals surface area contributed by atoms with Crippen molar-refractivity contribution in [3.05, 3.63) is 46.8 Å². The lowest BCUT2D eigenvalue weighted by atomic mass is 9.97. The van der Waals surface area contributed by atoms with E-state index in [2.05, 4.69) is 5.16 Å². The minimum atomic E-state index is -0.488. The smallest absolute Gasteiger partial charge is 0.140 e. The van der Waals surface area contributed by atoms with Crippen LogP contribution in [-0.4, -0.2) is 10.3 Å². The highest BCUT2D eigenvalue weighted by atomic mass is 16.5. The van der Waals surface area contributed by atoms with Gasteiger partial charge in [-0.05, 0) is 43.9 Å². The molecular weight excluding hydrogens is 254 g/mol. The Morgan fingerprint density at radius 3 is 3.05 bits per heavy atom. The summed E-state index contributed by atoms with van der Waals surface area (Å²) in [6, 6.07) is 7.51. The van der Waals surface area contributed by atoms with Gasteiger partial charge in [-0.2, -0.15) is 0 Å². The Morgan fingerprint density at radius 1 is 1.35 bits per heavy atom. The van der Waals surface area contributed by atoms with E-state index < -0.39 is 6.10 Å². The lowest BCUT2D eigenvalue weighted by molar-refractivity contribution is 0.198. The van der Waals surface area contributed by atoms with Crippen LogP contribution in [0.3, 0.4) is 0 Å². The summed E-state index contributed by atoms with van der Waals surface area (Å²) in [6.07, 6.45) is 3.90. The molecule has 1 aromatic heterocycles. The van der Waals surface area contributed by atoms with Crippen molar-refractivity contribution in [3.8, 4) is 5.75 Å². The van der Waals surface area contributed by atoms with Crippen molar-refractivity contribution < 1.29 is 14.4 Å². The number of fused-ring (bicyclic) bond motifs is 1.